The second-order valence-electron chi connectivity index (χ2n) is 11.9. The number of hydrogen-bond donors (Lipinski definition) is 0. The van der Waals surface area contributed by atoms with Gasteiger partial charge >= 0.3 is 0 Å². The molecule has 0 amide bonds. The van der Waals surface area contributed by atoms with Crippen LogP contribution >= 0.6 is 18.9 Å². The fourth-order valence-corrected chi connectivity index (χ4v) is 11.7. The van der Waals surface area contributed by atoms with Crippen molar-refractivity contribution in [3.05, 3.63) is 155 Å². The molecule has 0 radical (unpaired) electrons. The zero-order valence-corrected chi connectivity index (χ0v) is 26.3. The van der Waals surface area contributed by atoms with E-state index in [-0.39, 0.29) is 11.5 Å². The lowest BCUT2D eigenvalue weighted by Crippen LogP contribution is -2.49. The molecule has 4 heterocycles. The predicted molar refractivity (Wildman–Crippen MR) is 185 cm³/mol. The van der Waals surface area contributed by atoms with Gasteiger partial charge in [-0.3, -0.25) is 4.79 Å². The number of aromatic nitrogens is 2. The van der Waals surface area contributed by atoms with Crippen LogP contribution in [0.5, 0.6) is 0 Å². The van der Waals surface area contributed by atoms with Crippen molar-refractivity contribution in [3.63, 3.8) is 0 Å². The third kappa shape index (κ3) is 4.74. The van der Waals surface area contributed by atoms with Gasteiger partial charge in [-0.15, -0.1) is 0 Å². The summed E-state index contributed by atoms with van der Waals surface area (Å²) >= 11 is 6.78. The molecule has 2 aliphatic heterocycles. The van der Waals surface area contributed by atoms with E-state index in [9.17, 15) is 4.79 Å². The Kier molecular flexibility index (Phi) is 7.16. The molecule has 1 fully saturated rings. The minimum Gasteiger partial charge on any atom is -0.416 e. The Hall–Kier alpha value is -4.44. The Balaban J connectivity index is 1.41. The number of halogens is 1. The molecule has 2 aromatic heterocycles. The topological polar surface area (TPSA) is 51.3 Å². The predicted octanol–water partition coefficient (Wildman–Crippen LogP) is 6.40. The third-order valence-corrected chi connectivity index (χ3v) is 13.7. The number of benzene rings is 4. The van der Waals surface area contributed by atoms with Gasteiger partial charge in [-0.1, -0.05) is 84.4 Å². The molecule has 2 atom stereocenters. The van der Waals surface area contributed by atoms with Crippen molar-refractivity contribution in [1.29, 1.82) is 0 Å². The normalized spacial score (nSPS) is 17.6. The van der Waals surface area contributed by atoms with Gasteiger partial charge in [0.25, 0.3) is 16.9 Å². The molecule has 5 nitrogen and oxygen atoms in total. The SMILES string of the molecule is O=c1cccc2n1CC1CC2CN(c2oc(-c3ccccc3Cl)nc2[P+](c2ccccc2)(c2ccccc2)c2ccccc2)C1. The van der Waals surface area contributed by atoms with E-state index in [1.54, 1.807) is 6.07 Å². The average Bonchev–Trinajstić information content (AvgIpc) is 3.53. The highest BCUT2D eigenvalue weighted by Gasteiger charge is 2.54. The van der Waals surface area contributed by atoms with Crippen molar-refractivity contribution in [3.8, 4) is 11.5 Å². The first-order valence-electron chi connectivity index (χ1n) is 15.4. The molecule has 0 N–H and O–H groups in total. The summed E-state index contributed by atoms with van der Waals surface area (Å²) in [7, 11) is -2.57. The zero-order chi connectivity index (χ0) is 30.4. The van der Waals surface area contributed by atoms with Gasteiger partial charge in [0.15, 0.2) is 7.26 Å². The molecule has 8 rings (SSSR count). The lowest BCUT2D eigenvalue weighted by atomic mass is 9.83. The van der Waals surface area contributed by atoms with Crippen LogP contribution < -0.4 is 31.8 Å². The van der Waals surface area contributed by atoms with Crippen LogP contribution in [0.1, 0.15) is 18.0 Å². The number of oxazole rings is 1. The maximum Gasteiger partial charge on any atom is 0.262 e. The van der Waals surface area contributed by atoms with Crippen LogP contribution in [0.4, 0.5) is 5.88 Å². The van der Waals surface area contributed by atoms with E-state index < -0.39 is 7.26 Å². The Morgan fingerprint density at radius 3 is 1.91 bits per heavy atom. The highest BCUT2D eigenvalue weighted by Crippen LogP contribution is 2.57. The maximum absolute atomic E-state index is 12.8. The summed E-state index contributed by atoms with van der Waals surface area (Å²) in [6.45, 7) is 2.22. The molecule has 7 heteroatoms. The molecular formula is C38H32ClN3O2P+. The Bertz CT molecular complexity index is 1930. The van der Waals surface area contributed by atoms with Crippen LogP contribution in [-0.2, 0) is 6.54 Å². The summed E-state index contributed by atoms with van der Waals surface area (Å²) in [5.41, 5.74) is 2.89. The van der Waals surface area contributed by atoms with Gasteiger partial charge in [0.1, 0.15) is 15.9 Å². The summed E-state index contributed by atoms with van der Waals surface area (Å²) in [5.74, 6) is 1.84. The summed E-state index contributed by atoms with van der Waals surface area (Å²) in [6, 6.07) is 45.7. The highest BCUT2D eigenvalue weighted by atomic mass is 35.5. The van der Waals surface area contributed by atoms with Crippen LogP contribution in [0.15, 0.2) is 143 Å². The molecule has 222 valence electrons. The van der Waals surface area contributed by atoms with Gasteiger partial charge in [0.2, 0.25) is 5.89 Å². The summed E-state index contributed by atoms with van der Waals surface area (Å²) < 4.78 is 8.93. The lowest BCUT2D eigenvalue weighted by molar-refractivity contribution is 0.275. The van der Waals surface area contributed by atoms with Gasteiger partial charge < -0.3 is 13.9 Å². The van der Waals surface area contributed by atoms with Crippen LogP contribution in [-0.4, -0.2) is 22.6 Å². The first-order valence-corrected chi connectivity index (χ1v) is 17.6. The molecule has 0 aliphatic carbocycles. The highest BCUT2D eigenvalue weighted by molar-refractivity contribution is 8.01. The number of pyridine rings is 1. The largest absolute Gasteiger partial charge is 0.416 e. The van der Waals surface area contributed by atoms with Crippen LogP contribution in [0.2, 0.25) is 5.02 Å². The quantitative estimate of drug-likeness (QED) is 0.200. The van der Waals surface area contributed by atoms with Crippen LogP contribution in [0, 0.1) is 5.92 Å². The van der Waals surface area contributed by atoms with E-state index in [0.29, 0.717) is 23.4 Å². The zero-order valence-electron chi connectivity index (χ0n) is 24.7. The van der Waals surface area contributed by atoms with Gasteiger partial charge in [0, 0.05) is 37.3 Å². The van der Waals surface area contributed by atoms with Gasteiger partial charge in [-0.05, 0) is 66.9 Å². The molecule has 45 heavy (non-hydrogen) atoms. The molecular weight excluding hydrogens is 597 g/mol. The maximum atomic E-state index is 12.8. The van der Waals surface area contributed by atoms with E-state index in [1.807, 2.05) is 34.9 Å². The smallest absolute Gasteiger partial charge is 0.262 e. The minimum absolute atomic E-state index is 0.0826. The number of rotatable bonds is 6. The van der Waals surface area contributed by atoms with Crippen LogP contribution in [0.3, 0.4) is 0 Å². The first-order chi connectivity index (χ1) is 22.1. The van der Waals surface area contributed by atoms with Crippen molar-refractivity contribution < 1.29 is 4.42 Å². The molecule has 6 aromatic rings. The van der Waals surface area contributed by atoms with Crippen molar-refractivity contribution in [2.24, 2.45) is 5.92 Å². The average molecular weight is 629 g/mol. The number of nitrogens with zero attached hydrogens (tertiary/aromatic N) is 3. The fraction of sp³-hybridized carbons (Fsp3) is 0.158. The van der Waals surface area contributed by atoms with Crippen molar-refractivity contribution in [2.75, 3.05) is 18.0 Å². The van der Waals surface area contributed by atoms with Crippen molar-refractivity contribution in [2.45, 2.75) is 18.9 Å². The third-order valence-electron chi connectivity index (χ3n) is 9.21. The molecule has 2 bridgehead atoms. The monoisotopic (exact) mass is 628 g/mol. The first kappa shape index (κ1) is 28.1. The molecule has 2 unspecified atom stereocenters. The summed E-state index contributed by atoms with van der Waals surface area (Å²) in [4.78, 5) is 20.7. The molecule has 1 saturated heterocycles. The van der Waals surface area contributed by atoms with E-state index in [1.165, 1.54) is 15.9 Å². The van der Waals surface area contributed by atoms with Crippen molar-refractivity contribution in [1.82, 2.24) is 9.55 Å². The molecule has 0 spiro atoms. The van der Waals surface area contributed by atoms with E-state index in [0.717, 1.165) is 42.1 Å². The Morgan fingerprint density at radius 1 is 0.689 bits per heavy atom. The molecule has 0 saturated carbocycles. The second kappa shape index (κ2) is 11.5. The number of piperidine rings is 1. The summed E-state index contributed by atoms with van der Waals surface area (Å²) in [6.07, 6.45) is 1.05. The Morgan fingerprint density at radius 2 is 1.29 bits per heavy atom. The van der Waals surface area contributed by atoms with Gasteiger partial charge in [-0.25, -0.2) is 0 Å². The number of anilines is 1. The molecule has 4 aromatic carbocycles. The fourth-order valence-electron chi connectivity index (χ4n) is 7.31. The van der Waals surface area contributed by atoms with Crippen molar-refractivity contribution >= 4 is 46.1 Å². The second-order valence-corrected chi connectivity index (χ2v) is 15.6. The van der Waals surface area contributed by atoms with E-state index >= 15 is 0 Å². The standard InChI is InChI=1S/C38H32ClN3O2P/c39-33-20-11-10-19-32(33)36-40-37(38(44-36)41-24-27-23-28(26-41)34-21-12-22-35(43)42(34)25-27)45(29-13-4-1-5-14-29,30-15-6-2-7-16-30)31-17-8-3-9-18-31/h1-22,27-28H,23-26H2/q+1. The summed E-state index contributed by atoms with van der Waals surface area (Å²) in [5, 5.41) is 4.22. The van der Waals surface area contributed by atoms with E-state index in [4.69, 9.17) is 21.0 Å². The Labute approximate surface area is 268 Å². The number of fused-ring (bicyclic) bond motifs is 4. The lowest BCUT2D eigenvalue weighted by Gasteiger charge is -2.42. The van der Waals surface area contributed by atoms with Gasteiger partial charge in [0.05, 0.1) is 10.6 Å². The molecule has 2 aliphatic rings. The van der Waals surface area contributed by atoms with Gasteiger partial charge in [-0.2, -0.15) is 4.98 Å². The van der Waals surface area contributed by atoms with Crippen LogP contribution in [0.25, 0.3) is 11.5 Å². The number of hydrogen-bond acceptors (Lipinski definition) is 4. The minimum atomic E-state index is -2.57. The van der Waals surface area contributed by atoms with E-state index in [2.05, 4.69) is 102 Å².